The van der Waals surface area contributed by atoms with Crippen LogP contribution in [0.4, 0.5) is 11.6 Å². The van der Waals surface area contributed by atoms with Crippen LogP contribution in [-0.4, -0.2) is 45.8 Å². The van der Waals surface area contributed by atoms with Gasteiger partial charge in [0, 0.05) is 36.9 Å². The minimum atomic E-state index is 0.337. The molecule has 5 aromatic rings. The molecule has 2 N–H and O–H groups in total. The zero-order chi connectivity index (χ0) is 22.9. The Balaban J connectivity index is 1.56. The van der Waals surface area contributed by atoms with Crippen LogP contribution >= 0.6 is 0 Å². The van der Waals surface area contributed by atoms with Gasteiger partial charge in [-0.3, -0.25) is 0 Å². The molecule has 0 saturated carbocycles. The van der Waals surface area contributed by atoms with Crippen LogP contribution in [0.5, 0.6) is 11.5 Å². The van der Waals surface area contributed by atoms with Crippen molar-refractivity contribution in [3.63, 3.8) is 0 Å². The average Bonchev–Trinajstić information content (AvgIpc) is 3.26. The molecule has 9 nitrogen and oxygen atoms in total. The maximum atomic E-state index is 6.00. The number of hydrogen-bond donors (Lipinski definition) is 1. The number of fused-ring (bicyclic) bond motifs is 2. The van der Waals surface area contributed by atoms with Crippen LogP contribution in [-0.2, 0) is 6.54 Å². The Morgan fingerprint density at radius 2 is 1.73 bits per heavy atom. The zero-order valence-corrected chi connectivity index (χ0v) is 18.6. The smallest absolute Gasteiger partial charge is 0.157 e. The summed E-state index contributed by atoms with van der Waals surface area (Å²) in [7, 11) is 5.27. The van der Waals surface area contributed by atoms with Crippen molar-refractivity contribution in [2.75, 3.05) is 31.9 Å². The van der Waals surface area contributed by atoms with Gasteiger partial charge in [-0.05, 0) is 35.9 Å². The highest BCUT2D eigenvalue weighted by atomic mass is 16.5. The van der Waals surface area contributed by atoms with Gasteiger partial charge in [0.05, 0.1) is 26.1 Å². The van der Waals surface area contributed by atoms with Crippen molar-refractivity contribution in [1.29, 1.82) is 0 Å². The number of benzene rings is 1. The standard InChI is InChI=1S/C24H23N7O2/c1-30(12-15-4-6-16(32-2)7-5-15)24-23-18(10-21(25)28-29-23)19(11-26-24)20-14-31-13-17(33-3)8-9-22(31)27-20/h4-11,13-14H,12H2,1-3H3,(H2,25,28). The van der Waals surface area contributed by atoms with E-state index in [9.17, 15) is 0 Å². The van der Waals surface area contributed by atoms with Crippen molar-refractivity contribution in [1.82, 2.24) is 24.6 Å². The Labute approximate surface area is 190 Å². The number of nitrogens with two attached hydrogens (primary N) is 1. The van der Waals surface area contributed by atoms with Gasteiger partial charge in [-0.15, -0.1) is 10.2 Å². The van der Waals surface area contributed by atoms with Gasteiger partial charge in [0.1, 0.15) is 28.5 Å². The molecule has 4 heterocycles. The second-order valence-corrected chi connectivity index (χ2v) is 7.69. The molecule has 166 valence electrons. The molecule has 0 spiro atoms. The molecule has 4 aromatic heterocycles. The number of hydrogen-bond acceptors (Lipinski definition) is 8. The van der Waals surface area contributed by atoms with Crippen molar-refractivity contribution in [3.8, 4) is 22.8 Å². The molecule has 33 heavy (non-hydrogen) atoms. The first-order valence-corrected chi connectivity index (χ1v) is 10.3. The first-order valence-electron chi connectivity index (χ1n) is 10.3. The van der Waals surface area contributed by atoms with E-state index in [0.29, 0.717) is 23.7 Å². The Morgan fingerprint density at radius 3 is 2.48 bits per heavy atom. The second kappa shape index (κ2) is 8.27. The first kappa shape index (κ1) is 20.5. The monoisotopic (exact) mass is 441 g/mol. The van der Waals surface area contributed by atoms with Crippen LogP contribution < -0.4 is 20.1 Å². The number of rotatable bonds is 6. The van der Waals surface area contributed by atoms with E-state index in [0.717, 1.165) is 39.4 Å². The number of nitrogens with zero attached hydrogens (tertiary/aromatic N) is 6. The van der Waals surface area contributed by atoms with Crippen molar-refractivity contribution in [3.05, 3.63) is 66.6 Å². The Morgan fingerprint density at radius 1 is 0.970 bits per heavy atom. The Hall–Kier alpha value is -4.40. The lowest BCUT2D eigenvalue weighted by Gasteiger charge is -2.20. The largest absolute Gasteiger partial charge is 0.497 e. The molecule has 0 fully saturated rings. The van der Waals surface area contributed by atoms with E-state index >= 15 is 0 Å². The lowest BCUT2D eigenvalue weighted by molar-refractivity contribution is 0.412. The molecule has 0 aliphatic heterocycles. The van der Waals surface area contributed by atoms with Gasteiger partial charge < -0.3 is 24.5 Å². The highest BCUT2D eigenvalue weighted by Crippen LogP contribution is 2.32. The molecule has 1 aromatic carbocycles. The fourth-order valence-corrected chi connectivity index (χ4v) is 3.82. The third-order valence-electron chi connectivity index (χ3n) is 5.51. The van der Waals surface area contributed by atoms with Crippen LogP contribution in [0.2, 0.25) is 0 Å². The molecular formula is C24H23N7O2. The topological polar surface area (TPSA) is 104 Å². The highest BCUT2D eigenvalue weighted by Gasteiger charge is 2.17. The van der Waals surface area contributed by atoms with Gasteiger partial charge in [0.2, 0.25) is 0 Å². The molecule has 0 aliphatic carbocycles. The lowest BCUT2D eigenvalue weighted by Crippen LogP contribution is -2.18. The minimum Gasteiger partial charge on any atom is -0.497 e. The summed E-state index contributed by atoms with van der Waals surface area (Å²) in [6, 6.07) is 13.5. The summed E-state index contributed by atoms with van der Waals surface area (Å²) in [5.41, 5.74) is 10.2. The van der Waals surface area contributed by atoms with E-state index in [1.165, 1.54) is 0 Å². The lowest BCUT2D eigenvalue weighted by atomic mass is 10.1. The number of imidazole rings is 1. The summed E-state index contributed by atoms with van der Waals surface area (Å²) in [6.45, 7) is 0.645. The van der Waals surface area contributed by atoms with Crippen LogP contribution in [0, 0.1) is 0 Å². The van der Waals surface area contributed by atoms with Gasteiger partial charge in [-0.25, -0.2) is 9.97 Å². The van der Waals surface area contributed by atoms with Gasteiger partial charge in [0.25, 0.3) is 0 Å². The fraction of sp³-hybridized carbons (Fsp3) is 0.167. The normalized spacial score (nSPS) is 11.1. The van der Waals surface area contributed by atoms with Crippen molar-refractivity contribution < 1.29 is 9.47 Å². The molecule has 0 amide bonds. The molecule has 9 heteroatoms. The molecule has 5 rings (SSSR count). The van der Waals surface area contributed by atoms with Crippen LogP contribution in [0.3, 0.4) is 0 Å². The average molecular weight is 441 g/mol. The summed E-state index contributed by atoms with van der Waals surface area (Å²) in [5.74, 6) is 2.62. The predicted molar refractivity (Wildman–Crippen MR) is 128 cm³/mol. The molecule has 0 radical (unpaired) electrons. The second-order valence-electron chi connectivity index (χ2n) is 7.69. The number of nitrogen functional groups attached to an aromatic ring is 1. The van der Waals surface area contributed by atoms with E-state index in [2.05, 4.69) is 10.2 Å². The maximum absolute atomic E-state index is 6.00. The van der Waals surface area contributed by atoms with E-state index in [4.69, 9.17) is 25.2 Å². The van der Waals surface area contributed by atoms with Crippen LogP contribution in [0.25, 0.3) is 27.8 Å². The van der Waals surface area contributed by atoms with Gasteiger partial charge >= 0.3 is 0 Å². The molecule has 0 aliphatic rings. The van der Waals surface area contributed by atoms with Gasteiger partial charge in [0.15, 0.2) is 5.82 Å². The number of pyridine rings is 2. The van der Waals surface area contributed by atoms with Crippen LogP contribution in [0.1, 0.15) is 5.56 Å². The predicted octanol–water partition coefficient (Wildman–Crippen LogP) is 3.58. The fourth-order valence-electron chi connectivity index (χ4n) is 3.82. The highest BCUT2D eigenvalue weighted by molar-refractivity contribution is 5.99. The number of ether oxygens (including phenoxy) is 2. The molecule has 0 bridgehead atoms. The number of methoxy groups -OCH3 is 2. The Kier molecular flexibility index (Phi) is 5.14. The third-order valence-corrected chi connectivity index (χ3v) is 5.51. The van der Waals surface area contributed by atoms with Crippen molar-refractivity contribution in [2.24, 2.45) is 0 Å². The molecular weight excluding hydrogens is 418 g/mol. The third kappa shape index (κ3) is 3.84. The quantitative estimate of drug-likeness (QED) is 0.426. The van der Waals surface area contributed by atoms with Crippen molar-refractivity contribution >= 4 is 28.2 Å². The maximum Gasteiger partial charge on any atom is 0.157 e. The van der Waals surface area contributed by atoms with E-state index in [1.807, 2.05) is 77.4 Å². The summed E-state index contributed by atoms with van der Waals surface area (Å²) in [4.78, 5) is 11.5. The SMILES string of the molecule is COc1ccc(CN(C)c2ncc(-c3cn4cc(OC)ccc4n3)c3cc(N)nnc23)cc1. The summed E-state index contributed by atoms with van der Waals surface area (Å²) < 4.78 is 12.5. The number of aromatic nitrogens is 5. The molecule has 0 unspecified atom stereocenters. The summed E-state index contributed by atoms with van der Waals surface area (Å²) in [5, 5.41) is 9.30. The first-order chi connectivity index (χ1) is 16.1. The van der Waals surface area contributed by atoms with Crippen LogP contribution in [0.15, 0.2) is 61.1 Å². The number of anilines is 2. The van der Waals surface area contributed by atoms with E-state index in [-0.39, 0.29) is 0 Å². The Bertz CT molecular complexity index is 1450. The van der Waals surface area contributed by atoms with Gasteiger partial charge in [-0.1, -0.05) is 12.1 Å². The van der Waals surface area contributed by atoms with E-state index < -0.39 is 0 Å². The minimum absolute atomic E-state index is 0.337. The zero-order valence-electron chi connectivity index (χ0n) is 18.6. The van der Waals surface area contributed by atoms with E-state index in [1.54, 1.807) is 14.2 Å². The molecule has 0 atom stereocenters. The molecule has 0 saturated heterocycles. The van der Waals surface area contributed by atoms with Gasteiger partial charge in [-0.2, -0.15) is 0 Å². The summed E-state index contributed by atoms with van der Waals surface area (Å²) in [6.07, 6.45) is 5.63. The summed E-state index contributed by atoms with van der Waals surface area (Å²) >= 11 is 0. The van der Waals surface area contributed by atoms with Crippen molar-refractivity contribution in [2.45, 2.75) is 6.54 Å².